The normalized spacial score (nSPS) is 20.1. The number of fused-ring (bicyclic) bond motifs is 1. The average Bonchev–Trinajstić information content (AvgIpc) is 3.53. The summed E-state index contributed by atoms with van der Waals surface area (Å²) in [5.74, 6) is 0.629. The molecule has 0 spiro atoms. The lowest BCUT2D eigenvalue weighted by molar-refractivity contribution is -0.142. The van der Waals surface area contributed by atoms with Gasteiger partial charge in [-0.1, -0.05) is 78.7 Å². The number of ether oxygens (including phenoxy) is 3. The second kappa shape index (κ2) is 18.9. The number of benzene rings is 2. The number of piperidine rings is 1. The van der Waals surface area contributed by atoms with Crippen LogP contribution in [-0.2, 0) is 23.8 Å². The number of H-pyrrole nitrogens is 2. The van der Waals surface area contributed by atoms with Gasteiger partial charge in [0.05, 0.1) is 31.9 Å². The van der Waals surface area contributed by atoms with Gasteiger partial charge in [0.15, 0.2) is 0 Å². The summed E-state index contributed by atoms with van der Waals surface area (Å²) in [6.45, 7) is 9.84. The summed E-state index contributed by atoms with van der Waals surface area (Å²) < 4.78 is 15.2. The Kier molecular flexibility index (Phi) is 13.8. The number of nitrogens with zero attached hydrogens (tertiary/aromatic N) is 4. The second-order valence-corrected chi connectivity index (χ2v) is 18.1. The fraction of sp³-hybridized carbons (Fsp3) is 0.511. The SMILES string of the molecule is CC[C@@H](c1nc(-c2ccc(-c3ccc(-c4nc([C@@H]5C[C@H]6C[C@H]6N5C(=O)[C@@H](NC(=O)OC)C(C)(C)O)[nH]c4Cl)cc3)cc2)c(Cl)[nH]1)N(C(=O)[C@@H](NC(=O)OC)C1CCOCC1)C(C)C. The van der Waals surface area contributed by atoms with Crippen LogP contribution in [0.2, 0.25) is 10.3 Å². The van der Waals surface area contributed by atoms with Gasteiger partial charge in [0.2, 0.25) is 11.8 Å². The van der Waals surface area contributed by atoms with Crippen molar-refractivity contribution in [2.24, 2.45) is 11.8 Å². The quantitative estimate of drug-likeness (QED) is 0.0846. The number of hydrogen-bond acceptors (Lipinski definition) is 10. The maximum Gasteiger partial charge on any atom is 0.407 e. The molecule has 2 aromatic heterocycles. The van der Waals surface area contributed by atoms with Gasteiger partial charge in [-0.15, -0.1) is 0 Å². The first-order valence-corrected chi connectivity index (χ1v) is 22.2. The summed E-state index contributed by atoms with van der Waals surface area (Å²) in [5, 5.41) is 16.8. The number of hydrogen-bond donors (Lipinski definition) is 5. The Balaban J connectivity index is 1.07. The Bertz CT molecular complexity index is 2290. The summed E-state index contributed by atoms with van der Waals surface area (Å²) in [7, 11) is 2.49. The van der Waals surface area contributed by atoms with Crippen LogP contribution in [0.25, 0.3) is 33.6 Å². The highest BCUT2D eigenvalue weighted by atomic mass is 35.5. The molecule has 0 bridgehead atoms. The Labute approximate surface area is 376 Å². The molecule has 7 rings (SSSR count). The van der Waals surface area contributed by atoms with Crippen molar-refractivity contribution in [1.82, 2.24) is 40.4 Å². The number of likely N-dealkylation sites (tertiary alicyclic amines) is 1. The summed E-state index contributed by atoms with van der Waals surface area (Å²) >= 11 is 13.6. The minimum Gasteiger partial charge on any atom is -0.453 e. The maximum absolute atomic E-state index is 14.3. The third-order valence-electron chi connectivity index (χ3n) is 12.4. The third-order valence-corrected chi connectivity index (χ3v) is 12.9. The number of aliphatic hydroxyl groups is 1. The van der Waals surface area contributed by atoms with Crippen molar-refractivity contribution in [3.63, 3.8) is 0 Å². The van der Waals surface area contributed by atoms with Crippen LogP contribution in [0.3, 0.4) is 0 Å². The summed E-state index contributed by atoms with van der Waals surface area (Å²) in [6.07, 6.45) is 1.87. The van der Waals surface area contributed by atoms with Gasteiger partial charge < -0.3 is 49.7 Å². The number of rotatable bonds is 14. The molecule has 0 unspecified atom stereocenters. The van der Waals surface area contributed by atoms with Gasteiger partial charge in [-0.3, -0.25) is 9.59 Å². The van der Waals surface area contributed by atoms with Crippen molar-refractivity contribution in [1.29, 1.82) is 0 Å². The van der Waals surface area contributed by atoms with E-state index in [1.165, 1.54) is 28.1 Å². The number of aromatic amines is 2. The van der Waals surface area contributed by atoms with E-state index in [1.807, 2.05) is 69.3 Å². The molecule has 5 N–H and O–H groups in total. The van der Waals surface area contributed by atoms with Crippen molar-refractivity contribution in [3.05, 3.63) is 70.5 Å². The Hall–Kier alpha value is -5.16. The molecular formula is C45H56Cl2N8O8. The van der Waals surface area contributed by atoms with E-state index in [4.69, 9.17) is 47.4 Å². The lowest BCUT2D eigenvalue weighted by atomic mass is 9.90. The molecule has 2 aromatic carbocycles. The lowest BCUT2D eigenvalue weighted by Gasteiger charge is -2.39. The first kappa shape index (κ1) is 45.9. The number of carbonyl (C=O) groups excluding carboxylic acids is 4. The van der Waals surface area contributed by atoms with Crippen LogP contribution in [0.4, 0.5) is 9.59 Å². The summed E-state index contributed by atoms with van der Waals surface area (Å²) in [6, 6.07) is 12.6. The number of nitrogens with one attached hydrogen (secondary N) is 4. The van der Waals surface area contributed by atoms with Crippen LogP contribution >= 0.6 is 23.2 Å². The molecule has 3 aliphatic rings. The van der Waals surface area contributed by atoms with E-state index >= 15 is 0 Å². The van der Waals surface area contributed by atoms with Gasteiger partial charge in [-0.05, 0) is 82.8 Å². The Morgan fingerprint density at radius 2 is 1.41 bits per heavy atom. The molecule has 18 heteroatoms. The number of amides is 4. The van der Waals surface area contributed by atoms with Crippen molar-refractivity contribution in [2.45, 2.75) is 109 Å². The second-order valence-electron chi connectivity index (χ2n) is 17.3. The van der Waals surface area contributed by atoms with Gasteiger partial charge in [-0.25, -0.2) is 19.6 Å². The zero-order valence-electron chi connectivity index (χ0n) is 36.5. The smallest absolute Gasteiger partial charge is 0.407 e. The largest absolute Gasteiger partial charge is 0.453 e. The lowest BCUT2D eigenvalue weighted by Crippen LogP contribution is -2.59. The van der Waals surface area contributed by atoms with Crippen LogP contribution in [-0.4, -0.2) is 116 Å². The minimum atomic E-state index is -1.55. The van der Waals surface area contributed by atoms with E-state index in [2.05, 4.69) is 20.6 Å². The third kappa shape index (κ3) is 9.69. The first-order chi connectivity index (χ1) is 30.0. The highest BCUT2D eigenvalue weighted by Gasteiger charge is 2.57. The predicted octanol–water partition coefficient (Wildman–Crippen LogP) is 7.44. The van der Waals surface area contributed by atoms with Gasteiger partial charge in [0.1, 0.15) is 45.4 Å². The van der Waals surface area contributed by atoms with E-state index in [-0.39, 0.29) is 23.9 Å². The van der Waals surface area contributed by atoms with E-state index in [0.29, 0.717) is 78.2 Å². The molecule has 4 heterocycles. The number of carbonyl (C=O) groups is 4. The predicted molar refractivity (Wildman–Crippen MR) is 237 cm³/mol. The molecule has 4 aromatic rings. The molecular weight excluding hydrogens is 851 g/mol. The monoisotopic (exact) mass is 906 g/mol. The van der Waals surface area contributed by atoms with Crippen molar-refractivity contribution < 1.29 is 38.5 Å². The van der Waals surface area contributed by atoms with Crippen LogP contribution in [0, 0.1) is 11.8 Å². The van der Waals surface area contributed by atoms with Crippen molar-refractivity contribution in [3.8, 4) is 33.6 Å². The molecule has 6 atom stereocenters. The average molecular weight is 908 g/mol. The Morgan fingerprint density at radius 1 is 0.873 bits per heavy atom. The van der Waals surface area contributed by atoms with Crippen molar-refractivity contribution in [2.75, 3.05) is 27.4 Å². The zero-order valence-corrected chi connectivity index (χ0v) is 38.0. The molecule has 1 aliphatic carbocycles. The molecule has 4 amide bonds. The Morgan fingerprint density at radius 3 is 1.95 bits per heavy atom. The topological polar surface area (TPSA) is 204 Å². The van der Waals surface area contributed by atoms with Gasteiger partial charge in [0, 0.05) is 36.4 Å². The fourth-order valence-corrected chi connectivity index (χ4v) is 9.52. The minimum absolute atomic E-state index is 0.0198. The number of imidazole rings is 2. The summed E-state index contributed by atoms with van der Waals surface area (Å²) in [5.41, 5.74) is 3.01. The highest BCUT2D eigenvalue weighted by molar-refractivity contribution is 6.32. The van der Waals surface area contributed by atoms with Crippen LogP contribution in [0.5, 0.6) is 0 Å². The van der Waals surface area contributed by atoms with Gasteiger partial charge >= 0.3 is 12.2 Å². The van der Waals surface area contributed by atoms with Crippen LogP contribution < -0.4 is 10.6 Å². The molecule has 0 radical (unpaired) electrons. The van der Waals surface area contributed by atoms with Gasteiger partial charge in [0.25, 0.3) is 0 Å². The molecule has 338 valence electrons. The maximum atomic E-state index is 14.3. The van der Waals surface area contributed by atoms with Crippen molar-refractivity contribution >= 4 is 47.2 Å². The van der Waals surface area contributed by atoms with Crippen LogP contribution in [0.1, 0.15) is 90.5 Å². The van der Waals surface area contributed by atoms with E-state index < -0.39 is 47.9 Å². The van der Waals surface area contributed by atoms with E-state index in [9.17, 15) is 24.3 Å². The number of halogens is 2. The highest BCUT2D eigenvalue weighted by Crippen LogP contribution is 2.54. The molecule has 63 heavy (non-hydrogen) atoms. The number of methoxy groups -OCH3 is 2. The summed E-state index contributed by atoms with van der Waals surface area (Å²) in [4.78, 5) is 72.5. The number of aromatic nitrogens is 4. The zero-order chi connectivity index (χ0) is 45.3. The van der Waals surface area contributed by atoms with E-state index in [0.717, 1.165) is 28.7 Å². The molecule has 2 saturated heterocycles. The first-order valence-electron chi connectivity index (χ1n) is 21.4. The molecule has 2 aliphatic heterocycles. The molecule has 1 saturated carbocycles. The standard InChI is InChI=1S/C45H56Cl2N8O8/c1-8-30(54(23(2)3)41(56)35(50-43(58)61-6)28-17-19-63-20-18-28)39-48-33(37(46)52-39)26-13-9-24(10-14-26)25-11-15-27(16-12-25)34-38(47)53-40(49-34)32-22-29-21-31(29)55(32)42(57)36(45(4,5)60)51-44(59)62-7/h9-16,23,28-32,35-36,60H,8,17-22H2,1-7H3,(H,48,52)(H,49,53)(H,50,58)(H,51,59)/t29-,30+,31-,32+,35+,36-/m1/s1. The fourth-order valence-electron chi connectivity index (χ4n) is 9.03. The van der Waals surface area contributed by atoms with Gasteiger partial charge in [-0.2, -0.15) is 0 Å². The number of alkyl carbamates (subject to hydrolysis) is 2. The molecule has 3 fully saturated rings. The van der Waals surface area contributed by atoms with E-state index in [1.54, 1.807) is 9.80 Å². The molecule has 16 nitrogen and oxygen atoms in total. The van der Waals surface area contributed by atoms with Crippen LogP contribution in [0.15, 0.2) is 48.5 Å².